The molecule has 25 heavy (non-hydrogen) atoms. The summed E-state index contributed by atoms with van der Waals surface area (Å²) in [6.45, 7) is 1.63. The first-order chi connectivity index (χ1) is 12.4. The molecule has 0 radical (unpaired) electrons. The maximum absolute atomic E-state index is 4.77. The van der Waals surface area contributed by atoms with E-state index in [1.54, 1.807) is 6.20 Å². The Bertz CT molecular complexity index is 1050. The summed E-state index contributed by atoms with van der Waals surface area (Å²) in [5.74, 6) is 0.822. The van der Waals surface area contributed by atoms with Crippen molar-refractivity contribution in [1.29, 1.82) is 0 Å². The van der Waals surface area contributed by atoms with Crippen LogP contribution >= 0.6 is 0 Å². The van der Waals surface area contributed by atoms with Crippen molar-refractivity contribution in [3.63, 3.8) is 0 Å². The lowest BCUT2D eigenvalue weighted by molar-refractivity contribution is 0.765. The molecule has 3 N–H and O–H groups in total. The van der Waals surface area contributed by atoms with Gasteiger partial charge in [0.15, 0.2) is 0 Å². The summed E-state index contributed by atoms with van der Waals surface area (Å²) in [7, 11) is 0. The van der Waals surface area contributed by atoms with Crippen molar-refractivity contribution in [1.82, 2.24) is 25.3 Å². The van der Waals surface area contributed by atoms with Crippen molar-refractivity contribution in [3.05, 3.63) is 66.2 Å². The molecule has 0 saturated carbocycles. The Morgan fingerprint density at radius 2 is 1.88 bits per heavy atom. The van der Waals surface area contributed by atoms with E-state index in [9.17, 15) is 0 Å². The van der Waals surface area contributed by atoms with Gasteiger partial charge in [-0.05, 0) is 35.4 Å². The van der Waals surface area contributed by atoms with Gasteiger partial charge in [0.1, 0.15) is 11.5 Å². The van der Waals surface area contributed by atoms with Crippen LogP contribution in [0.2, 0.25) is 0 Å². The molecular weight excluding hydrogens is 312 g/mol. The van der Waals surface area contributed by atoms with Gasteiger partial charge in [-0.25, -0.2) is 9.97 Å². The third-order valence-corrected chi connectivity index (χ3v) is 4.54. The number of nitrogens with zero attached hydrogens (tertiary/aromatic N) is 3. The van der Waals surface area contributed by atoms with Crippen molar-refractivity contribution in [3.8, 4) is 11.3 Å². The Kier molecular flexibility index (Phi) is 3.21. The number of anilines is 2. The summed E-state index contributed by atoms with van der Waals surface area (Å²) in [6, 6.07) is 9.91. The van der Waals surface area contributed by atoms with Gasteiger partial charge in [0.2, 0.25) is 0 Å². The van der Waals surface area contributed by atoms with E-state index in [0.717, 1.165) is 46.9 Å². The Hall–Kier alpha value is -3.25. The van der Waals surface area contributed by atoms with Crippen LogP contribution in [0.4, 0.5) is 11.5 Å². The maximum atomic E-state index is 4.77. The first kappa shape index (κ1) is 14.1. The SMILES string of the molecule is c1ccc(Nc2cnc(-c3ccnc4[nH]ccc34)c3c2CNC3)nc1. The highest BCUT2D eigenvalue weighted by atomic mass is 15.0. The van der Waals surface area contributed by atoms with Gasteiger partial charge >= 0.3 is 0 Å². The number of fused-ring (bicyclic) bond motifs is 2. The fourth-order valence-electron chi connectivity index (χ4n) is 3.38. The van der Waals surface area contributed by atoms with Crippen LogP contribution in [0.3, 0.4) is 0 Å². The highest BCUT2D eigenvalue weighted by Crippen LogP contribution is 2.35. The van der Waals surface area contributed by atoms with Gasteiger partial charge in [-0.2, -0.15) is 0 Å². The highest BCUT2D eigenvalue weighted by molar-refractivity contribution is 5.93. The Morgan fingerprint density at radius 3 is 2.80 bits per heavy atom. The van der Waals surface area contributed by atoms with Crippen molar-refractivity contribution < 1.29 is 0 Å². The second kappa shape index (κ2) is 5.68. The zero-order chi connectivity index (χ0) is 16.6. The second-order valence-electron chi connectivity index (χ2n) is 6.02. The first-order valence-electron chi connectivity index (χ1n) is 8.22. The van der Waals surface area contributed by atoms with Gasteiger partial charge in [0, 0.05) is 42.6 Å². The molecule has 5 rings (SSSR count). The van der Waals surface area contributed by atoms with Crippen LogP contribution in [0.25, 0.3) is 22.3 Å². The minimum absolute atomic E-state index is 0.809. The van der Waals surface area contributed by atoms with E-state index >= 15 is 0 Å². The number of H-pyrrole nitrogens is 1. The number of hydrogen-bond donors (Lipinski definition) is 3. The molecule has 1 aliphatic rings. The zero-order valence-electron chi connectivity index (χ0n) is 13.5. The van der Waals surface area contributed by atoms with Gasteiger partial charge in [-0.1, -0.05) is 6.07 Å². The molecule has 4 aromatic heterocycles. The number of aromatic amines is 1. The molecule has 6 nitrogen and oxygen atoms in total. The van der Waals surface area contributed by atoms with E-state index in [0.29, 0.717) is 0 Å². The fourth-order valence-corrected chi connectivity index (χ4v) is 3.38. The average Bonchev–Trinajstić information content (AvgIpc) is 3.32. The minimum atomic E-state index is 0.809. The predicted octanol–water partition coefficient (Wildman–Crippen LogP) is 3.37. The van der Waals surface area contributed by atoms with Crippen molar-refractivity contribution in [2.45, 2.75) is 13.1 Å². The average molecular weight is 328 g/mol. The Balaban J connectivity index is 1.63. The summed E-state index contributed by atoms with van der Waals surface area (Å²) in [5, 5.41) is 7.92. The van der Waals surface area contributed by atoms with E-state index in [-0.39, 0.29) is 0 Å². The largest absolute Gasteiger partial charge is 0.346 e. The Labute approximate surface area is 144 Å². The maximum Gasteiger partial charge on any atom is 0.137 e. The minimum Gasteiger partial charge on any atom is -0.346 e. The molecule has 0 saturated heterocycles. The molecule has 6 heteroatoms. The monoisotopic (exact) mass is 328 g/mol. The third-order valence-electron chi connectivity index (χ3n) is 4.54. The Morgan fingerprint density at radius 1 is 0.920 bits per heavy atom. The van der Waals surface area contributed by atoms with Gasteiger partial charge in [0.05, 0.1) is 17.6 Å². The first-order valence-corrected chi connectivity index (χ1v) is 8.22. The van der Waals surface area contributed by atoms with Gasteiger partial charge in [0.25, 0.3) is 0 Å². The molecule has 4 aromatic rings. The van der Waals surface area contributed by atoms with Gasteiger partial charge < -0.3 is 15.6 Å². The molecule has 1 aliphatic heterocycles. The molecule has 0 amide bonds. The number of nitrogens with one attached hydrogen (secondary N) is 3. The summed E-state index contributed by atoms with van der Waals surface area (Å²) in [5.41, 5.74) is 6.48. The molecule has 122 valence electrons. The van der Waals surface area contributed by atoms with Crippen molar-refractivity contribution in [2.24, 2.45) is 0 Å². The summed E-state index contributed by atoms with van der Waals surface area (Å²) in [6.07, 6.45) is 7.41. The molecule has 0 unspecified atom stereocenters. The van der Waals surface area contributed by atoms with E-state index in [1.807, 2.05) is 48.9 Å². The number of hydrogen-bond acceptors (Lipinski definition) is 5. The van der Waals surface area contributed by atoms with Crippen LogP contribution in [0.15, 0.2) is 55.1 Å². The van der Waals surface area contributed by atoms with Crippen LogP contribution < -0.4 is 10.6 Å². The molecule has 0 spiro atoms. The molecule has 0 aliphatic carbocycles. The van der Waals surface area contributed by atoms with E-state index < -0.39 is 0 Å². The van der Waals surface area contributed by atoms with Crippen LogP contribution in [0, 0.1) is 0 Å². The number of aromatic nitrogens is 4. The van der Waals surface area contributed by atoms with E-state index in [4.69, 9.17) is 4.98 Å². The summed E-state index contributed by atoms with van der Waals surface area (Å²) >= 11 is 0. The van der Waals surface area contributed by atoms with Crippen LogP contribution in [-0.2, 0) is 13.1 Å². The van der Waals surface area contributed by atoms with E-state index in [1.165, 1.54) is 11.1 Å². The molecular formula is C19H16N6. The number of rotatable bonds is 3. The zero-order valence-corrected chi connectivity index (χ0v) is 13.5. The van der Waals surface area contributed by atoms with Gasteiger partial charge in [-0.3, -0.25) is 4.98 Å². The van der Waals surface area contributed by atoms with Crippen LogP contribution in [-0.4, -0.2) is 19.9 Å². The van der Waals surface area contributed by atoms with E-state index in [2.05, 4.69) is 25.6 Å². The fraction of sp³-hybridized carbons (Fsp3) is 0.105. The van der Waals surface area contributed by atoms with Crippen LogP contribution in [0.1, 0.15) is 11.1 Å². The van der Waals surface area contributed by atoms with Crippen molar-refractivity contribution in [2.75, 3.05) is 5.32 Å². The highest BCUT2D eigenvalue weighted by Gasteiger charge is 2.21. The smallest absolute Gasteiger partial charge is 0.137 e. The topological polar surface area (TPSA) is 78.5 Å². The van der Waals surface area contributed by atoms with Gasteiger partial charge in [-0.15, -0.1) is 0 Å². The molecule has 0 atom stereocenters. The molecule has 0 fully saturated rings. The second-order valence-corrected chi connectivity index (χ2v) is 6.02. The third kappa shape index (κ3) is 2.35. The predicted molar refractivity (Wildman–Crippen MR) is 97.4 cm³/mol. The lowest BCUT2D eigenvalue weighted by Gasteiger charge is -2.13. The molecule has 0 bridgehead atoms. The molecule has 0 aromatic carbocycles. The van der Waals surface area contributed by atoms with Crippen LogP contribution in [0.5, 0.6) is 0 Å². The molecule has 5 heterocycles. The quantitative estimate of drug-likeness (QED) is 0.537. The summed E-state index contributed by atoms with van der Waals surface area (Å²) < 4.78 is 0. The van der Waals surface area contributed by atoms with Crippen molar-refractivity contribution >= 4 is 22.5 Å². The summed E-state index contributed by atoms with van der Waals surface area (Å²) in [4.78, 5) is 16.7. The lowest BCUT2D eigenvalue weighted by atomic mass is 10.0. The number of pyridine rings is 3. The normalized spacial score (nSPS) is 13.1. The standard InChI is InChI=1S/C19H16N6/c1-2-6-21-17(3-1)25-16-11-24-18(15-10-20-9-14(15)16)12-4-7-22-19-13(12)5-8-23-19/h1-8,11,20H,9-10H2,(H,21,25)(H,22,23). The lowest BCUT2D eigenvalue weighted by Crippen LogP contribution is -2.01.